The van der Waals surface area contributed by atoms with Crippen LogP contribution in [0.15, 0.2) is 133 Å². The number of hydrogen-bond acceptors (Lipinski definition) is 0. The molecule has 5 aromatic rings. The number of hydrogen-bond donors (Lipinski definition) is 0. The smallest absolute Gasteiger partial charge is 0.0623 e. The van der Waals surface area contributed by atoms with Crippen LogP contribution in [0.3, 0.4) is 0 Å². The van der Waals surface area contributed by atoms with Gasteiger partial charge in [-0.05, 0) is 49.4 Å². The van der Waals surface area contributed by atoms with Gasteiger partial charge in [-0.3, -0.25) is 0 Å². The Kier molecular flexibility index (Phi) is 4.63. The molecule has 0 aliphatic heterocycles. The maximum absolute atomic E-state index is 2.50. The fourth-order valence-corrected chi connectivity index (χ4v) is 10.2. The maximum atomic E-state index is 2.50. The van der Waals surface area contributed by atoms with E-state index in [0.29, 0.717) is 0 Å². The molecule has 32 heavy (non-hydrogen) atoms. The highest BCUT2D eigenvalue weighted by atomic mass is 28.3. The summed E-state index contributed by atoms with van der Waals surface area (Å²) in [6.07, 6.45) is 1.03. The van der Waals surface area contributed by atoms with Crippen molar-refractivity contribution in [2.24, 2.45) is 0 Å². The van der Waals surface area contributed by atoms with Crippen LogP contribution in [0.4, 0.5) is 0 Å². The Morgan fingerprint density at radius 3 is 1.41 bits per heavy atom. The Bertz CT molecular complexity index is 1280. The summed E-state index contributed by atoms with van der Waals surface area (Å²) in [5.41, 5.74) is 5.66. The Balaban J connectivity index is 1.70. The Labute approximate surface area is 190 Å². The fourth-order valence-electron chi connectivity index (χ4n) is 5.42. The molecule has 1 aliphatic carbocycles. The highest BCUT2D eigenvalue weighted by molar-refractivity contribution is 7.19. The summed E-state index contributed by atoms with van der Waals surface area (Å²) in [5.74, 6) is 0. The van der Waals surface area contributed by atoms with Gasteiger partial charge in [0, 0.05) is 0 Å². The first-order chi connectivity index (χ1) is 15.9. The molecule has 0 bridgehead atoms. The standard InChI is InChI=1S/C31H24Si/c1-4-13-26(14-5-1)32(27-15-6-2-7-16-27,28-17-8-3-9-18-28)29-21-20-25-22-24-12-10-11-19-30(24)31(25)23-29/h1-21,23H,22H2. The lowest BCUT2D eigenvalue weighted by atomic mass is 10.1. The second-order valence-corrected chi connectivity index (χ2v) is 12.4. The van der Waals surface area contributed by atoms with E-state index in [1.807, 2.05) is 0 Å². The van der Waals surface area contributed by atoms with Crippen molar-refractivity contribution in [2.75, 3.05) is 0 Å². The second kappa shape index (κ2) is 7.78. The lowest BCUT2D eigenvalue weighted by Gasteiger charge is -2.34. The Morgan fingerprint density at radius 1 is 0.375 bits per heavy atom. The van der Waals surface area contributed by atoms with Gasteiger partial charge in [0.2, 0.25) is 0 Å². The van der Waals surface area contributed by atoms with Crippen LogP contribution in [0.5, 0.6) is 0 Å². The minimum Gasteiger partial charge on any atom is -0.0623 e. The molecule has 1 aliphatic rings. The molecule has 152 valence electrons. The van der Waals surface area contributed by atoms with E-state index in [-0.39, 0.29) is 0 Å². The van der Waals surface area contributed by atoms with E-state index in [1.165, 1.54) is 43.0 Å². The van der Waals surface area contributed by atoms with Crippen molar-refractivity contribution < 1.29 is 0 Å². The zero-order valence-corrected chi connectivity index (χ0v) is 18.9. The third kappa shape index (κ3) is 2.90. The topological polar surface area (TPSA) is 0 Å². The van der Waals surface area contributed by atoms with Crippen molar-refractivity contribution >= 4 is 28.8 Å². The maximum Gasteiger partial charge on any atom is 0.179 e. The predicted molar refractivity (Wildman–Crippen MR) is 138 cm³/mol. The number of rotatable bonds is 4. The van der Waals surface area contributed by atoms with Crippen molar-refractivity contribution in [3.8, 4) is 11.1 Å². The number of fused-ring (bicyclic) bond motifs is 3. The van der Waals surface area contributed by atoms with Crippen molar-refractivity contribution in [1.82, 2.24) is 0 Å². The van der Waals surface area contributed by atoms with Crippen LogP contribution in [-0.4, -0.2) is 8.07 Å². The second-order valence-electron chi connectivity index (χ2n) is 8.55. The molecule has 0 amide bonds. The first-order valence-electron chi connectivity index (χ1n) is 11.3. The molecule has 0 N–H and O–H groups in total. The van der Waals surface area contributed by atoms with Crippen LogP contribution < -0.4 is 20.7 Å². The van der Waals surface area contributed by atoms with Crippen molar-refractivity contribution in [1.29, 1.82) is 0 Å². The molecule has 0 aromatic heterocycles. The van der Waals surface area contributed by atoms with Crippen LogP contribution in [0.1, 0.15) is 11.1 Å². The minimum absolute atomic E-state index is 1.03. The molecule has 6 rings (SSSR count). The van der Waals surface area contributed by atoms with Gasteiger partial charge in [0.05, 0.1) is 0 Å². The molecular weight excluding hydrogens is 400 g/mol. The van der Waals surface area contributed by atoms with Gasteiger partial charge in [-0.15, -0.1) is 0 Å². The van der Waals surface area contributed by atoms with Crippen LogP contribution in [0.25, 0.3) is 11.1 Å². The molecule has 0 fully saturated rings. The highest BCUT2D eigenvalue weighted by Gasteiger charge is 2.41. The van der Waals surface area contributed by atoms with E-state index in [4.69, 9.17) is 0 Å². The first-order valence-corrected chi connectivity index (χ1v) is 13.3. The lowest BCUT2D eigenvalue weighted by Crippen LogP contribution is -2.74. The fraction of sp³-hybridized carbons (Fsp3) is 0.0323. The minimum atomic E-state index is -2.46. The molecule has 1 heteroatoms. The summed E-state index contributed by atoms with van der Waals surface area (Å²) in [6, 6.07) is 49.6. The van der Waals surface area contributed by atoms with Gasteiger partial charge in [-0.1, -0.05) is 133 Å². The summed E-state index contributed by atoms with van der Waals surface area (Å²) in [6.45, 7) is 0. The predicted octanol–water partition coefficient (Wildman–Crippen LogP) is 4.64. The molecule has 0 saturated heterocycles. The molecule has 0 spiro atoms. The van der Waals surface area contributed by atoms with E-state index in [0.717, 1.165) is 6.42 Å². The summed E-state index contributed by atoms with van der Waals surface area (Å²) in [4.78, 5) is 0. The van der Waals surface area contributed by atoms with Crippen LogP contribution in [0.2, 0.25) is 0 Å². The Hall–Kier alpha value is -3.68. The van der Waals surface area contributed by atoms with Crippen molar-refractivity contribution in [3.63, 3.8) is 0 Å². The molecule has 0 nitrogen and oxygen atoms in total. The summed E-state index contributed by atoms with van der Waals surface area (Å²) in [5, 5.41) is 5.70. The lowest BCUT2D eigenvalue weighted by molar-refractivity contribution is 1.26. The molecule has 0 unspecified atom stereocenters. The van der Waals surface area contributed by atoms with Gasteiger partial charge in [-0.25, -0.2) is 0 Å². The Morgan fingerprint density at radius 2 is 0.844 bits per heavy atom. The molecule has 0 saturated carbocycles. The molecule has 0 atom stereocenters. The van der Waals surface area contributed by atoms with E-state index in [2.05, 4.69) is 133 Å². The first kappa shape index (κ1) is 19.0. The van der Waals surface area contributed by atoms with E-state index in [1.54, 1.807) is 0 Å². The zero-order valence-electron chi connectivity index (χ0n) is 17.9. The van der Waals surface area contributed by atoms with Gasteiger partial charge in [-0.2, -0.15) is 0 Å². The van der Waals surface area contributed by atoms with Gasteiger partial charge in [0.15, 0.2) is 8.07 Å². The quantitative estimate of drug-likeness (QED) is 0.286. The monoisotopic (exact) mass is 424 g/mol. The van der Waals surface area contributed by atoms with Gasteiger partial charge in [0.25, 0.3) is 0 Å². The van der Waals surface area contributed by atoms with E-state index >= 15 is 0 Å². The van der Waals surface area contributed by atoms with Gasteiger partial charge in [0.1, 0.15) is 0 Å². The van der Waals surface area contributed by atoms with Gasteiger partial charge >= 0.3 is 0 Å². The van der Waals surface area contributed by atoms with Crippen molar-refractivity contribution in [2.45, 2.75) is 6.42 Å². The average molecular weight is 425 g/mol. The SMILES string of the molecule is c1ccc([Si](c2ccccc2)(c2ccccc2)c2ccc3c(c2)-c2ccccc2C3)cc1. The van der Waals surface area contributed by atoms with Crippen molar-refractivity contribution in [3.05, 3.63) is 145 Å². The molecule has 0 heterocycles. The summed E-state index contributed by atoms with van der Waals surface area (Å²) >= 11 is 0. The summed E-state index contributed by atoms with van der Waals surface area (Å²) < 4.78 is 0. The highest BCUT2D eigenvalue weighted by Crippen LogP contribution is 2.35. The molecule has 0 radical (unpaired) electrons. The number of benzene rings is 5. The van der Waals surface area contributed by atoms with E-state index < -0.39 is 8.07 Å². The normalized spacial score (nSPS) is 12.2. The third-order valence-electron chi connectivity index (χ3n) is 6.85. The van der Waals surface area contributed by atoms with Crippen LogP contribution in [0, 0.1) is 0 Å². The zero-order chi connectivity index (χ0) is 21.4. The average Bonchev–Trinajstić information content (AvgIpc) is 3.25. The van der Waals surface area contributed by atoms with Gasteiger partial charge < -0.3 is 0 Å². The molecule has 5 aromatic carbocycles. The largest absolute Gasteiger partial charge is 0.179 e. The summed E-state index contributed by atoms with van der Waals surface area (Å²) in [7, 11) is -2.46. The van der Waals surface area contributed by atoms with Crippen LogP contribution >= 0.6 is 0 Å². The van der Waals surface area contributed by atoms with Crippen LogP contribution in [-0.2, 0) is 6.42 Å². The molecular formula is C31H24Si. The third-order valence-corrected chi connectivity index (χ3v) is 11.6. The van der Waals surface area contributed by atoms with E-state index in [9.17, 15) is 0 Å².